The summed E-state index contributed by atoms with van der Waals surface area (Å²) in [4.78, 5) is 11.6. The van der Waals surface area contributed by atoms with E-state index in [1.165, 1.54) is 17.6 Å². The molecule has 2 aliphatic carbocycles. The molecule has 0 radical (unpaired) electrons. The Hall–Kier alpha value is -0.890. The molecule has 3 atom stereocenters. The van der Waals surface area contributed by atoms with E-state index >= 15 is 0 Å². The minimum absolute atomic E-state index is 0.0147. The highest BCUT2D eigenvalue weighted by Gasteiger charge is 2.60. The number of rotatable bonds is 1. The zero-order valence-electron chi connectivity index (χ0n) is 10.2. The van der Waals surface area contributed by atoms with Gasteiger partial charge in [-0.15, -0.1) is 0 Å². The van der Waals surface area contributed by atoms with Gasteiger partial charge in [0.15, 0.2) is 5.78 Å². The molecule has 3 aliphatic rings. The minimum atomic E-state index is 0.0147. The Kier molecular flexibility index (Phi) is 1.97. The fourth-order valence-corrected chi connectivity index (χ4v) is 3.29. The maximum Gasteiger partial charge on any atom is 0.155 e. The molecule has 0 aromatic heterocycles. The summed E-state index contributed by atoms with van der Waals surface area (Å²) in [5.41, 5.74) is 3.79. The molecule has 1 aliphatic heterocycles. The van der Waals surface area contributed by atoms with Crippen molar-refractivity contribution in [2.24, 2.45) is 5.92 Å². The van der Waals surface area contributed by atoms with Crippen LogP contribution in [0.4, 0.5) is 0 Å². The van der Waals surface area contributed by atoms with Gasteiger partial charge in [0.05, 0.1) is 11.7 Å². The molecule has 1 fully saturated rings. The first-order chi connectivity index (χ1) is 7.52. The molecule has 0 bridgehead atoms. The summed E-state index contributed by atoms with van der Waals surface area (Å²) in [7, 11) is 0. The van der Waals surface area contributed by atoms with Gasteiger partial charge in [-0.1, -0.05) is 11.6 Å². The molecule has 0 saturated carbocycles. The van der Waals surface area contributed by atoms with Crippen molar-refractivity contribution >= 4 is 5.78 Å². The fourth-order valence-electron chi connectivity index (χ4n) is 3.29. The summed E-state index contributed by atoms with van der Waals surface area (Å²) >= 11 is 0. The van der Waals surface area contributed by atoms with Gasteiger partial charge in [-0.3, -0.25) is 4.79 Å². The molecule has 3 rings (SSSR count). The molecule has 2 nitrogen and oxygen atoms in total. The lowest BCUT2D eigenvalue weighted by atomic mass is 9.86. The van der Waals surface area contributed by atoms with Gasteiger partial charge in [0.25, 0.3) is 0 Å². The summed E-state index contributed by atoms with van der Waals surface area (Å²) in [6, 6.07) is 0. The molecule has 0 N–H and O–H groups in total. The molecule has 0 aromatic carbocycles. The Morgan fingerprint density at radius 3 is 3.00 bits per heavy atom. The molecule has 1 saturated heterocycles. The number of carbonyl (C=O) groups excluding carboxylic acids is 1. The van der Waals surface area contributed by atoms with Gasteiger partial charge in [-0.05, 0) is 44.8 Å². The topological polar surface area (TPSA) is 29.6 Å². The van der Waals surface area contributed by atoms with Crippen LogP contribution in [0, 0.1) is 5.92 Å². The number of hydrogen-bond acceptors (Lipinski definition) is 2. The number of carbonyl (C=O) groups is 1. The van der Waals surface area contributed by atoms with Crippen LogP contribution in [0.15, 0.2) is 22.8 Å². The maximum absolute atomic E-state index is 11.6. The average Bonchev–Trinajstić information content (AvgIpc) is 2.73. The van der Waals surface area contributed by atoms with Crippen molar-refractivity contribution in [1.82, 2.24) is 0 Å². The largest absolute Gasteiger partial charge is 0.365 e. The number of ether oxygens (including phenoxy) is 1. The monoisotopic (exact) mass is 218 g/mol. The smallest absolute Gasteiger partial charge is 0.155 e. The fraction of sp³-hybridized carbons (Fsp3) is 0.643. The third kappa shape index (κ3) is 1.26. The molecule has 1 heterocycles. The van der Waals surface area contributed by atoms with Crippen LogP contribution in [0.3, 0.4) is 0 Å². The number of epoxide rings is 1. The van der Waals surface area contributed by atoms with Crippen molar-refractivity contribution in [2.75, 3.05) is 0 Å². The van der Waals surface area contributed by atoms with E-state index in [-0.39, 0.29) is 17.5 Å². The first kappa shape index (κ1) is 10.3. The van der Waals surface area contributed by atoms with E-state index in [4.69, 9.17) is 4.74 Å². The first-order valence-corrected chi connectivity index (χ1v) is 6.11. The summed E-state index contributed by atoms with van der Waals surface area (Å²) in [6.07, 6.45) is 5.58. The second-order valence-electron chi connectivity index (χ2n) is 5.55. The van der Waals surface area contributed by atoms with Crippen molar-refractivity contribution in [3.05, 3.63) is 22.8 Å². The van der Waals surface area contributed by atoms with Crippen LogP contribution in [0.5, 0.6) is 0 Å². The molecule has 86 valence electrons. The summed E-state index contributed by atoms with van der Waals surface area (Å²) < 4.78 is 5.86. The summed E-state index contributed by atoms with van der Waals surface area (Å²) in [5.74, 6) is 0.722. The highest BCUT2D eigenvalue weighted by molar-refractivity contribution is 5.94. The standard InChI is InChI=1S/C14H18O2/c1-8-4-5-12-11(8)6-10(9(2)15)7-13-14(12,3)16-13/h6,12-13H,4-5,7H2,1-3H3/t12-,13-,14+/m1/s1. The maximum atomic E-state index is 11.6. The van der Waals surface area contributed by atoms with Crippen molar-refractivity contribution in [3.63, 3.8) is 0 Å². The van der Waals surface area contributed by atoms with E-state index in [0.717, 1.165) is 18.4 Å². The lowest BCUT2D eigenvalue weighted by Crippen LogP contribution is -2.21. The van der Waals surface area contributed by atoms with E-state index in [9.17, 15) is 4.79 Å². The van der Waals surface area contributed by atoms with Gasteiger partial charge >= 0.3 is 0 Å². The van der Waals surface area contributed by atoms with Crippen molar-refractivity contribution in [3.8, 4) is 0 Å². The predicted molar refractivity (Wildman–Crippen MR) is 62.1 cm³/mol. The zero-order valence-corrected chi connectivity index (χ0v) is 10.2. The number of allylic oxidation sites excluding steroid dienone is 2. The predicted octanol–water partition coefficient (Wildman–Crippen LogP) is 2.79. The van der Waals surface area contributed by atoms with Crippen molar-refractivity contribution in [2.45, 2.75) is 51.7 Å². The van der Waals surface area contributed by atoms with Gasteiger partial charge in [0.2, 0.25) is 0 Å². The molecule has 2 heteroatoms. The molecular formula is C14H18O2. The number of Topliss-reactive ketones (excluding diaryl/α,β-unsaturated/α-hetero) is 1. The van der Waals surface area contributed by atoms with Crippen molar-refractivity contribution < 1.29 is 9.53 Å². The Morgan fingerprint density at radius 1 is 1.56 bits per heavy atom. The SMILES string of the molecule is CC(=O)C1=CC2=C(C)CC[C@H]2[C@]2(C)O[C@@H]2C1. The highest BCUT2D eigenvalue weighted by atomic mass is 16.6. The van der Waals surface area contributed by atoms with Gasteiger partial charge in [-0.2, -0.15) is 0 Å². The van der Waals surface area contributed by atoms with E-state index in [1.807, 2.05) is 0 Å². The van der Waals surface area contributed by atoms with Gasteiger partial charge in [0, 0.05) is 12.3 Å². The van der Waals surface area contributed by atoms with E-state index in [2.05, 4.69) is 19.9 Å². The minimum Gasteiger partial charge on any atom is -0.365 e. The number of ketones is 1. The van der Waals surface area contributed by atoms with Crippen LogP contribution in [-0.4, -0.2) is 17.5 Å². The third-order valence-corrected chi connectivity index (χ3v) is 4.53. The summed E-state index contributed by atoms with van der Waals surface area (Å²) in [5, 5.41) is 0. The van der Waals surface area contributed by atoms with Crippen LogP contribution < -0.4 is 0 Å². The van der Waals surface area contributed by atoms with E-state index < -0.39 is 0 Å². The van der Waals surface area contributed by atoms with Crippen LogP contribution in [-0.2, 0) is 9.53 Å². The first-order valence-electron chi connectivity index (χ1n) is 6.11. The quantitative estimate of drug-likeness (QED) is 0.633. The van der Waals surface area contributed by atoms with E-state index in [0.29, 0.717) is 5.92 Å². The second-order valence-corrected chi connectivity index (χ2v) is 5.55. The van der Waals surface area contributed by atoms with Gasteiger partial charge in [-0.25, -0.2) is 0 Å². The van der Waals surface area contributed by atoms with Gasteiger partial charge < -0.3 is 4.74 Å². The van der Waals surface area contributed by atoms with E-state index in [1.54, 1.807) is 6.92 Å². The Morgan fingerprint density at radius 2 is 2.31 bits per heavy atom. The lowest BCUT2D eigenvalue weighted by molar-refractivity contribution is -0.113. The Bertz CT molecular complexity index is 430. The zero-order chi connectivity index (χ0) is 11.5. The Balaban J connectivity index is 2.07. The molecule has 0 spiro atoms. The highest BCUT2D eigenvalue weighted by Crippen LogP contribution is 2.55. The van der Waals surface area contributed by atoms with Crippen LogP contribution in [0.1, 0.15) is 40.0 Å². The molecule has 0 unspecified atom stereocenters. The number of hydrogen-bond donors (Lipinski definition) is 0. The van der Waals surface area contributed by atoms with Crippen LogP contribution in [0.25, 0.3) is 0 Å². The molecule has 0 amide bonds. The lowest BCUT2D eigenvalue weighted by Gasteiger charge is -2.16. The Labute approximate surface area is 96.4 Å². The molecular weight excluding hydrogens is 200 g/mol. The van der Waals surface area contributed by atoms with Crippen LogP contribution >= 0.6 is 0 Å². The summed E-state index contributed by atoms with van der Waals surface area (Å²) in [6.45, 7) is 6.06. The van der Waals surface area contributed by atoms with Crippen LogP contribution in [0.2, 0.25) is 0 Å². The molecule has 0 aromatic rings. The second kappa shape index (κ2) is 3.07. The third-order valence-electron chi connectivity index (χ3n) is 4.53. The van der Waals surface area contributed by atoms with Crippen molar-refractivity contribution in [1.29, 1.82) is 0 Å². The molecule has 16 heavy (non-hydrogen) atoms. The average molecular weight is 218 g/mol. The normalized spacial score (nSPS) is 41.1. The van der Waals surface area contributed by atoms with Gasteiger partial charge in [0.1, 0.15) is 0 Å². The number of fused-ring (bicyclic) bond motifs is 3.